The monoisotopic (exact) mass is 180 g/mol. The van der Waals surface area contributed by atoms with E-state index in [1.807, 2.05) is 7.11 Å². The smallest absolute Gasteiger partial charge is 0.0861 e. The minimum absolute atomic E-state index is 0.101. The molecule has 2 bridgehead atoms. The molecular weight excluding hydrogens is 160 g/mol. The maximum Gasteiger partial charge on any atom is 0.0861 e. The molecule has 3 aliphatic carbocycles. The molecule has 3 rings (SSSR count). The van der Waals surface area contributed by atoms with Crippen LogP contribution in [0.1, 0.15) is 33.1 Å². The van der Waals surface area contributed by atoms with Crippen molar-refractivity contribution in [1.82, 2.24) is 0 Å². The fraction of sp³-hybridized carbons (Fsp3) is 0.833. The third-order valence-electron chi connectivity index (χ3n) is 3.94. The second-order valence-electron chi connectivity index (χ2n) is 4.94. The molecule has 0 aromatic heterocycles. The molecule has 74 valence electrons. The Morgan fingerprint density at radius 1 is 1.46 bits per heavy atom. The molecule has 3 atom stereocenters. The van der Waals surface area contributed by atoms with Crippen molar-refractivity contribution in [2.75, 3.05) is 7.11 Å². The molecule has 0 radical (unpaired) electrons. The number of rotatable bonds is 2. The molecule has 1 fully saturated rings. The van der Waals surface area contributed by atoms with Gasteiger partial charge >= 0.3 is 0 Å². The van der Waals surface area contributed by atoms with Gasteiger partial charge in [0.15, 0.2) is 0 Å². The molecule has 0 heterocycles. The highest BCUT2D eigenvalue weighted by Gasteiger charge is 2.43. The summed E-state index contributed by atoms with van der Waals surface area (Å²) in [5.41, 5.74) is 0.101. The average Bonchev–Trinajstić information content (AvgIpc) is 2.19. The van der Waals surface area contributed by atoms with E-state index in [1.54, 1.807) is 0 Å². The van der Waals surface area contributed by atoms with E-state index in [1.165, 1.54) is 19.3 Å². The highest BCUT2D eigenvalue weighted by atomic mass is 16.5. The maximum atomic E-state index is 5.66. The molecule has 0 aromatic carbocycles. The molecule has 0 spiro atoms. The van der Waals surface area contributed by atoms with E-state index in [4.69, 9.17) is 4.74 Å². The van der Waals surface area contributed by atoms with Gasteiger partial charge in [-0.3, -0.25) is 0 Å². The number of hydrogen-bond acceptors (Lipinski definition) is 1. The molecule has 0 aromatic rings. The molecule has 0 N–H and O–H groups in total. The van der Waals surface area contributed by atoms with Crippen molar-refractivity contribution in [2.45, 2.75) is 38.7 Å². The normalized spacial score (nSPS) is 43.1. The van der Waals surface area contributed by atoms with Gasteiger partial charge in [0.1, 0.15) is 0 Å². The standard InChI is InChI=1S/C12H20O/c1-9(2)11-8-12(13-3)6-4-10(11)5-7-12/h4,6,9-11H,5,7-8H2,1-3H3. The van der Waals surface area contributed by atoms with Gasteiger partial charge in [-0.2, -0.15) is 0 Å². The number of ether oxygens (including phenoxy) is 1. The molecule has 1 heteroatoms. The first kappa shape index (κ1) is 9.26. The molecule has 0 aliphatic heterocycles. The Bertz CT molecular complexity index is 219. The first-order valence-corrected chi connectivity index (χ1v) is 5.41. The van der Waals surface area contributed by atoms with Crippen LogP contribution in [0.2, 0.25) is 0 Å². The van der Waals surface area contributed by atoms with Crippen LogP contribution in [-0.4, -0.2) is 12.7 Å². The Morgan fingerprint density at radius 2 is 2.23 bits per heavy atom. The fourth-order valence-corrected chi connectivity index (χ4v) is 2.95. The summed E-state index contributed by atoms with van der Waals surface area (Å²) in [7, 11) is 1.85. The van der Waals surface area contributed by atoms with Crippen LogP contribution >= 0.6 is 0 Å². The van der Waals surface area contributed by atoms with Gasteiger partial charge in [-0.1, -0.05) is 26.0 Å². The van der Waals surface area contributed by atoms with E-state index >= 15 is 0 Å². The van der Waals surface area contributed by atoms with Crippen LogP contribution < -0.4 is 0 Å². The van der Waals surface area contributed by atoms with Crippen molar-refractivity contribution in [2.24, 2.45) is 17.8 Å². The van der Waals surface area contributed by atoms with Crippen molar-refractivity contribution in [3.05, 3.63) is 12.2 Å². The summed E-state index contributed by atoms with van der Waals surface area (Å²) >= 11 is 0. The van der Waals surface area contributed by atoms with E-state index < -0.39 is 0 Å². The second kappa shape index (κ2) is 3.13. The van der Waals surface area contributed by atoms with Crippen LogP contribution in [0, 0.1) is 17.8 Å². The van der Waals surface area contributed by atoms with Gasteiger partial charge in [0.2, 0.25) is 0 Å². The molecule has 3 aliphatic rings. The van der Waals surface area contributed by atoms with Gasteiger partial charge in [-0.05, 0) is 37.0 Å². The van der Waals surface area contributed by atoms with Crippen molar-refractivity contribution in [1.29, 1.82) is 0 Å². The van der Waals surface area contributed by atoms with Crippen molar-refractivity contribution >= 4 is 0 Å². The molecular formula is C12H20O. The van der Waals surface area contributed by atoms with Crippen LogP contribution in [0.5, 0.6) is 0 Å². The summed E-state index contributed by atoms with van der Waals surface area (Å²) in [4.78, 5) is 0. The van der Waals surface area contributed by atoms with Gasteiger partial charge in [-0.25, -0.2) is 0 Å². The Labute approximate surface area is 81.2 Å². The van der Waals surface area contributed by atoms with Crippen molar-refractivity contribution in [3.63, 3.8) is 0 Å². The molecule has 1 saturated carbocycles. The topological polar surface area (TPSA) is 9.23 Å². The predicted octanol–water partition coefficient (Wildman–Crippen LogP) is 3.01. The van der Waals surface area contributed by atoms with E-state index in [0.29, 0.717) is 0 Å². The van der Waals surface area contributed by atoms with Crippen LogP contribution in [-0.2, 0) is 4.74 Å². The molecule has 0 saturated heterocycles. The first-order chi connectivity index (χ1) is 6.17. The van der Waals surface area contributed by atoms with Crippen molar-refractivity contribution in [3.8, 4) is 0 Å². The van der Waals surface area contributed by atoms with Gasteiger partial charge in [-0.15, -0.1) is 0 Å². The van der Waals surface area contributed by atoms with Crippen LogP contribution in [0.4, 0.5) is 0 Å². The highest BCUT2D eigenvalue weighted by Crippen LogP contribution is 2.47. The van der Waals surface area contributed by atoms with E-state index in [-0.39, 0.29) is 5.60 Å². The molecule has 1 nitrogen and oxygen atoms in total. The Hall–Kier alpha value is -0.300. The Kier molecular flexibility index (Phi) is 2.23. The fourth-order valence-electron chi connectivity index (χ4n) is 2.95. The lowest BCUT2D eigenvalue weighted by atomic mass is 9.63. The second-order valence-corrected chi connectivity index (χ2v) is 4.94. The van der Waals surface area contributed by atoms with Gasteiger partial charge in [0.05, 0.1) is 5.60 Å². The van der Waals surface area contributed by atoms with E-state index in [0.717, 1.165) is 17.8 Å². The van der Waals surface area contributed by atoms with E-state index in [9.17, 15) is 0 Å². The Morgan fingerprint density at radius 3 is 2.69 bits per heavy atom. The average molecular weight is 180 g/mol. The zero-order valence-electron chi connectivity index (χ0n) is 8.92. The quantitative estimate of drug-likeness (QED) is 0.593. The van der Waals surface area contributed by atoms with Crippen LogP contribution in [0.25, 0.3) is 0 Å². The SMILES string of the molecule is COC12C=CC(CC1)C(C(C)C)C2. The lowest BCUT2D eigenvalue weighted by Crippen LogP contribution is -2.44. The summed E-state index contributed by atoms with van der Waals surface area (Å²) in [5.74, 6) is 2.47. The number of hydrogen-bond donors (Lipinski definition) is 0. The zero-order valence-corrected chi connectivity index (χ0v) is 8.92. The summed E-state index contributed by atoms with van der Waals surface area (Å²) in [6.07, 6.45) is 8.49. The molecule has 13 heavy (non-hydrogen) atoms. The summed E-state index contributed by atoms with van der Waals surface area (Å²) in [5, 5.41) is 0. The zero-order chi connectivity index (χ0) is 9.47. The molecule has 0 amide bonds. The van der Waals surface area contributed by atoms with Crippen molar-refractivity contribution < 1.29 is 4.74 Å². The summed E-state index contributed by atoms with van der Waals surface area (Å²) < 4.78 is 5.66. The maximum absolute atomic E-state index is 5.66. The van der Waals surface area contributed by atoms with Gasteiger partial charge in [0, 0.05) is 7.11 Å². The number of fused-ring (bicyclic) bond motifs is 2. The summed E-state index contributed by atoms with van der Waals surface area (Å²) in [6, 6.07) is 0. The summed E-state index contributed by atoms with van der Waals surface area (Å²) in [6.45, 7) is 4.67. The predicted molar refractivity (Wildman–Crippen MR) is 54.5 cm³/mol. The minimum Gasteiger partial charge on any atom is -0.374 e. The number of methoxy groups -OCH3 is 1. The third-order valence-corrected chi connectivity index (χ3v) is 3.94. The minimum atomic E-state index is 0.101. The first-order valence-electron chi connectivity index (χ1n) is 5.41. The van der Waals surface area contributed by atoms with Crippen LogP contribution in [0.3, 0.4) is 0 Å². The Balaban J connectivity index is 2.20. The van der Waals surface area contributed by atoms with Crippen LogP contribution in [0.15, 0.2) is 12.2 Å². The van der Waals surface area contributed by atoms with E-state index in [2.05, 4.69) is 26.0 Å². The lowest BCUT2D eigenvalue weighted by Gasteiger charge is -2.47. The third kappa shape index (κ3) is 1.43. The highest BCUT2D eigenvalue weighted by molar-refractivity contribution is 5.16. The largest absolute Gasteiger partial charge is 0.374 e. The number of allylic oxidation sites excluding steroid dienone is 1. The molecule has 3 unspecified atom stereocenters. The van der Waals surface area contributed by atoms with Gasteiger partial charge < -0.3 is 4.74 Å². The lowest BCUT2D eigenvalue weighted by molar-refractivity contribution is -0.0461. The van der Waals surface area contributed by atoms with Gasteiger partial charge in [0.25, 0.3) is 0 Å².